The smallest absolute Gasteiger partial charge is 0.345 e. The number of aromatic carboxylic acids is 1. The van der Waals surface area contributed by atoms with Crippen molar-refractivity contribution in [1.82, 2.24) is 5.43 Å². The number of carbonyl (C=O) groups excluding carboxylic acids is 1. The van der Waals surface area contributed by atoms with Crippen LogP contribution in [0.4, 0.5) is 0 Å². The molecule has 1 heterocycles. The molecule has 0 unspecified atom stereocenters. The normalized spacial score (nSPS) is 10.7. The summed E-state index contributed by atoms with van der Waals surface area (Å²) in [4.78, 5) is 23.3. The number of carbonyl (C=O) groups is 2. The largest absolute Gasteiger partial charge is 0.477 e. The zero-order chi connectivity index (χ0) is 14.5. The van der Waals surface area contributed by atoms with Crippen LogP contribution in [0.2, 0.25) is 5.02 Å². The van der Waals surface area contributed by atoms with Gasteiger partial charge in [-0.15, -0.1) is 11.3 Å². The molecular formula is C13H9ClN2O3S. The maximum absolute atomic E-state index is 11.8. The molecule has 2 N–H and O–H groups in total. The third-order valence-electron chi connectivity index (χ3n) is 2.31. The summed E-state index contributed by atoms with van der Waals surface area (Å²) in [6.07, 6.45) is 1.38. The third-order valence-corrected chi connectivity index (χ3v) is 3.65. The van der Waals surface area contributed by atoms with Gasteiger partial charge in [0.05, 0.1) is 16.8 Å². The zero-order valence-corrected chi connectivity index (χ0v) is 11.6. The van der Waals surface area contributed by atoms with Crippen LogP contribution in [-0.4, -0.2) is 23.2 Å². The predicted molar refractivity (Wildman–Crippen MR) is 77.8 cm³/mol. The summed E-state index contributed by atoms with van der Waals surface area (Å²) < 4.78 is 0. The molecule has 2 aromatic rings. The summed E-state index contributed by atoms with van der Waals surface area (Å²) in [6.45, 7) is 0. The van der Waals surface area contributed by atoms with Crippen LogP contribution in [0, 0.1) is 0 Å². The monoisotopic (exact) mass is 308 g/mol. The van der Waals surface area contributed by atoms with E-state index in [0.717, 1.165) is 11.3 Å². The van der Waals surface area contributed by atoms with Crippen LogP contribution < -0.4 is 5.43 Å². The standard InChI is InChI=1S/C13H9ClN2O3S/c14-10-4-2-1-3-9(10)12(17)16-15-7-8-5-6-11(20-8)13(18)19/h1-7H,(H,16,17)(H,18,19). The second-order valence-electron chi connectivity index (χ2n) is 3.69. The number of hydrazone groups is 1. The molecule has 0 bridgehead atoms. The maximum atomic E-state index is 11.8. The highest BCUT2D eigenvalue weighted by atomic mass is 35.5. The minimum Gasteiger partial charge on any atom is -0.477 e. The maximum Gasteiger partial charge on any atom is 0.345 e. The lowest BCUT2D eigenvalue weighted by atomic mass is 10.2. The Morgan fingerprint density at radius 2 is 2.00 bits per heavy atom. The summed E-state index contributed by atoms with van der Waals surface area (Å²) >= 11 is 6.94. The second kappa shape index (κ2) is 6.31. The Morgan fingerprint density at radius 1 is 1.25 bits per heavy atom. The first-order valence-electron chi connectivity index (χ1n) is 5.49. The van der Waals surface area contributed by atoms with Gasteiger partial charge in [-0.2, -0.15) is 5.10 Å². The van der Waals surface area contributed by atoms with Crippen molar-refractivity contribution >= 4 is 41.0 Å². The first kappa shape index (κ1) is 14.2. The number of carboxylic acids is 1. The molecule has 0 atom stereocenters. The summed E-state index contributed by atoms with van der Waals surface area (Å²) in [5.74, 6) is -1.42. The molecule has 5 nitrogen and oxygen atoms in total. The number of hydrogen-bond donors (Lipinski definition) is 2. The molecule has 0 saturated carbocycles. The van der Waals surface area contributed by atoms with Crippen LogP contribution in [0.1, 0.15) is 24.9 Å². The van der Waals surface area contributed by atoms with Crippen LogP contribution in [0.5, 0.6) is 0 Å². The number of halogens is 1. The summed E-state index contributed by atoms with van der Waals surface area (Å²) in [5.41, 5.74) is 2.65. The van der Waals surface area contributed by atoms with Crippen LogP contribution >= 0.6 is 22.9 Å². The van der Waals surface area contributed by atoms with Gasteiger partial charge in [0.15, 0.2) is 0 Å². The third kappa shape index (κ3) is 3.43. The zero-order valence-electron chi connectivity index (χ0n) is 10.0. The van der Waals surface area contributed by atoms with Crippen molar-refractivity contribution in [3.05, 3.63) is 56.7 Å². The van der Waals surface area contributed by atoms with E-state index < -0.39 is 11.9 Å². The Morgan fingerprint density at radius 3 is 2.65 bits per heavy atom. The van der Waals surface area contributed by atoms with Crippen molar-refractivity contribution in [1.29, 1.82) is 0 Å². The summed E-state index contributed by atoms with van der Waals surface area (Å²) in [5, 5.41) is 12.9. The van der Waals surface area contributed by atoms with Gasteiger partial charge in [-0.05, 0) is 24.3 Å². The molecule has 0 saturated heterocycles. The molecule has 0 aliphatic heterocycles. The van der Waals surface area contributed by atoms with E-state index >= 15 is 0 Å². The minimum absolute atomic E-state index is 0.212. The molecule has 0 radical (unpaired) electrons. The predicted octanol–water partition coefficient (Wildman–Crippen LogP) is 2.86. The summed E-state index contributed by atoms with van der Waals surface area (Å²) in [6, 6.07) is 9.70. The number of hydrogen-bond acceptors (Lipinski definition) is 4. The number of nitrogens with zero attached hydrogens (tertiary/aromatic N) is 1. The molecule has 20 heavy (non-hydrogen) atoms. The highest BCUT2D eigenvalue weighted by Crippen LogP contribution is 2.15. The lowest BCUT2D eigenvalue weighted by Crippen LogP contribution is -2.17. The Labute approximate surface area is 123 Å². The van der Waals surface area contributed by atoms with Crippen LogP contribution in [0.25, 0.3) is 0 Å². The summed E-state index contributed by atoms with van der Waals surface area (Å²) in [7, 11) is 0. The molecule has 1 aromatic heterocycles. The van der Waals surface area contributed by atoms with Crippen molar-refractivity contribution < 1.29 is 14.7 Å². The van der Waals surface area contributed by atoms with E-state index in [9.17, 15) is 9.59 Å². The average Bonchev–Trinajstić information content (AvgIpc) is 2.88. The van der Waals surface area contributed by atoms with E-state index in [4.69, 9.17) is 16.7 Å². The van der Waals surface area contributed by atoms with E-state index in [2.05, 4.69) is 10.5 Å². The number of benzene rings is 1. The molecular weight excluding hydrogens is 300 g/mol. The fourth-order valence-corrected chi connectivity index (χ4v) is 2.34. The van der Waals surface area contributed by atoms with Crippen molar-refractivity contribution in [2.24, 2.45) is 5.10 Å². The highest BCUT2D eigenvalue weighted by molar-refractivity contribution is 7.15. The topological polar surface area (TPSA) is 78.8 Å². The van der Waals surface area contributed by atoms with Gasteiger partial charge >= 0.3 is 5.97 Å². The fourth-order valence-electron chi connectivity index (χ4n) is 1.40. The quantitative estimate of drug-likeness (QED) is 0.673. The number of rotatable bonds is 4. The Hall–Kier alpha value is -2.18. The highest BCUT2D eigenvalue weighted by Gasteiger charge is 2.08. The number of carboxylic acid groups (broad SMARTS) is 1. The van der Waals surface area contributed by atoms with Crippen LogP contribution in [0.3, 0.4) is 0 Å². The SMILES string of the molecule is O=C(O)c1ccc(C=NNC(=O)c2ccccc2Cl)s1. The fraction of sp³-hybridized carbons (Fsp3) is 0. The van der Waals surface area contributed by atoms with Gasteiger partial charge in [-0.25, -0.2) is 10.2 Å². The van der Waals surface area contributed by atoms with E-state index in [-0.39, 0.29) is 4.88 Å². The molecule has 0 aliphatic rings. The van der Waals surface area contributed by atoms with E-state index in [1.54, 1.807) is 30.3 Å². The molecule has 0 spiro atoms. The molecule has 7 heteroatoms. The van der Waals surface area contributed by atoms with E-state index in [1.165, 1.54) is 12.3 Å². The number of thiophene rings is 1. The molecule has 102 valence electrons. The molecule has 2 rings (SSSR count). The van der Waals surface area contributed by atoms with Gasteiger partial charge < -0.3 is 5.11 Å². The van der Waals surface area contributed by atoms with Gasteiger partial charge in [0, 0.05) is 4.88 Å². The Kier molecular flexibility index (Phi) is 4.49. The Balaban J connectivity index is 2.01. The van der Waals surface area contributed by atoms with E-state index in [1.807, 2.05) is 0 Å². The first-order valence-corrected chi connectivity index (χ1v) is 6.68. The van der Waals surface area contributed by atoms with Crippen molar-refractivity contribution in [3.63, 3.8) is 0 Å². The molecule has 1 amide bonds. The molecule has 1 aromatic carbocycles. The van der Waals surface area contributed by atoms with Crippen LogP contribution in [-0.2, 0) is 0 Å². The lowest BCUT2D eigenvalue weighted by Gasteiger charge is -2.01. The number of amides is 1. The van der Waals surface area contributed by atoms with E-state index in [0.29, 0.717) is 15.5 Å². The van der Waals surface area contributed by atoms with Crippen LogP contribution in [0.15, 0.2) is 41.5 Å². The lowest BCUT2D eigenvalue weighted by molar-refractivity contribution is 0.0702. The van der Waals surface area contributed by atoms with Crippen molar-refractivity contribution in [3.8, 4) is 0 Å². The average molecular weight is 309 g/mol. The van der Waals surface area contributed by atoms with Crippen molar-refractivity contribution in [2.75, 3.05) is 0 Å². The van der Waals surface area contributed by atoms with Gasteiger partial charge in [-0.3, -0.25) is 4.79 Å². The van der Waals surface area contributed by atoms with Gasteiger partial charge in [0.1, 0.15) is 4.88 Å². The minimum atomic E-state index is -0.991. The van der Waals surface area contributed by atoms with Gasteiger partial charge in [-0.1, -0.05) is 23.7 Å². The van der Waals surface area contributed by atoms with Crippen molar-refractivity contribution in [2.45, 2.75) is 0 Å². The first-order chi connectivity index (χ1) is 9.58. The van der Waals surface area contributed by atoms with Gasteiger partial charge in [0.25, 0.3) is 5.91 Å². The molecule has 0 aliphatic carbocycles. The van der Waals surface area contributed by atoms with Gasteiger partial charge in [0.2, 0.25) is 0 Å². The second-order valence-corrected chi connectivity index (χ2v) is 5.21. The molecule has 0 fully saturated rings. The number of nitrogens with one attached hydrogen (secondary N) is 1. The Bertz CT molecular complexity index is 682.